The molecular formula is C19H25N5O. The minimum atomic E-state index is -0.0529. The molecule has 2 heterocycles. The largest absolute Gasteiger partial charge is 0.356 e. The van der Waals surface area contributed by atoms with Crippen LogP contribution in [-0.4, -0.2) is 42.1 Å². The van der Waals surface area contributed by atoms with Crippen molar-refractivity contribution >= 4 is 17.7 Å². The van der Waals surface area contributed by atoms with E-state index in [-0.39, 0.29) is 5.91 Å². The van der Waals surface area contributed by atoms with Crippen LogP contribution < -0.4 is 15.5 Å². The van der Waals surface area contributed by atoms with Crippen LogP contribution in [0.1, 0.15) is 34.5 Å². The van der Waals surface area contributed by atoms with E-state index in [0.717, 1.165) is 30.2 Å². The number of carbonyl (C=O) groups is 1. The minimum Gasteiger partial charge on any atom is -0.356 e. The number of aromatic nitrogens is 2. The van der Waals surface area contributed by atoms with E-state index in [0.29, 0.717) is 24.6 Å². The molecule has 1 aromatic carbocycles. The standard InChI is InChI=1S/C19H25N5O/c1-14-7-3-4-8-16(14)18(25)20-9-10-21-19-22-15(2)13-17(23-19)24-11-5-6-12-24/h3-4,7-8,13H,5-6,9-12H2,1-2H3,(H,20,25)(H,21,22,23). The first kappa shape index (κ1) is 17.2. The number of aryl methyl sites for hydroxylation is 2. The molecule has 2 N–H and O–H groups in total. The summed E-state index contributed by atoms with van der Waals surface area (Å²) in [5.41, 5.74) is 2.64. The summed E-state index contributed by atoms with van der Waals surface area (Å²) in [4.78, 5) is 23.5. The number of hydrogen-bond acceptors (Lipinski definition) is 5. The number of benzene rings is 1. The third-order valence-electron chi connectivity index (χ3n) is 4.35. The zero-order valence-electron chi connectivity index (χ0n) is 14.9. The first-order chi connectivity index (χ1) is 12.1. The lowest BCUT2D eigenvalue weighted by Crippen LogP contribution is -2.29. The highest BCUT2D eigenvalue weighted by atomic mass is 16.1. The monoisotopic (exact) mass is 339 g/mol. The Morgan fingerprint density at radius 2 is 1.88 bits per heavy atom. The second-order valence-electron chi connectivity index (χ2n) is 6.38. The van der Waals surface area contributed by atoms with E-state index in [1.165, 1.54) is 12.8 Å². The van der Waals surface area contributed by atoms with Crippen molar-refractivity contribution in [3.8, 4) is 0 Å². The van der Waals surface area contributed by atoms with Gasteiger partial charge in [-0.1, -0.05) is 18.2 Å². The summed E-state index contributed by atoms with van der Waals surface area (Å²) in [6, 6.07) is 9.61. The molecule has 1 aromatic heterocycles. The summed E-state index contributed by atoms with van der Waals surface area (Å²) >= 11 is 0. The van der Waals surface area contributed by atoms with Gasteiger partial charge in [0.15, 0.2) is 0 Å². The van der Waals surface area contributed by atoms with Crippen molar-refractivity contribution in [3.05, 3.63) is 47.2 Å². The van der Waals surface area contributed by atoms with Gasteiger partial charge < -0.3 is 15.5 Å². The van der Waals surface area contributed by atoms with Crippen LogP contribution in [0.25, 0.3) is 0 Å². The van der Waals surface area contributed by atoms with Gasteiger partial charge >= 0.3 is 0 Å². The predicted molar refractivity (Wildman–Crippen MR) is 100 cm³/mol. The van der Waals surface area contributed by atoms with Gasteiger partial charge in [0.05, 0.1) is 0 Å². The van der Waals surface area contributed by atoms with Gasteiger partial charge in [-0.2, -0.15) is 4.98 Å². The number of anilines is 2. The number of hydrogen-bond donors (Lipinski definition) is 2. The molecule has 6 heteroatoms. The van der Waals surface area contributed by atoms with Gasteiger partial charge in [-0.25, -0.2) is 4.98 Å². The van der Waals surface area contributed by atoms with Crippen molar-refractivity contribution in [2.45, 2.75) is 26.7 Å². The molecule has 0 spiro atoms. The lowest BCUT2D eigenvalue weighted by molar-refractivity contribution is 0.0954. The Labute approximate surface area is 148 Å². The summed E-state index contributed by atoms with van der Waals surface area (Å²) < 4.78 is 0. The molecule has 0 saturated carbocycles. The summed E-state index contributed by atoms with van der Waals surface area (Å²) in [5, 5.41) is 6.13. The molecule has 1 aliphatic rings. The fourth-order valence-corrected chi connectivity index (χ4v) is 3.01. The molecule has 6 nitrogen and oxygen atoms in total. The summed E-state index contributed by atoms with van der Waals surface area (Å²) in [5.74, 6) is 1.55. The second-order valence-corrected chi connectivity index (χ2v) is 6.38. The van der Waals surface area contributed by atoms with Crippen LogP contribution in [0, 0.1) is 13.8 Å². The van der Waals surface area contributed by atoms with Crippen LogP contribution >= 0.6 is 0 Å². The molecule has 0 radical (unpaired) electrons. The molecule has 0 bridgehead atoms. The molecule has 3 rings (SSSR count). The van der Waals surface area contributed by atoms with E-state index in [2.05, 4.69) is 25.5 Å². The van der Waals surface area contributed by atoms with Gasteiger partial charge in [0, 0.05) is 43.5 Å². The van der Waals surface area contributed by atoms with Crippen LogP contribution in [0.3, 0.4) is 0 Å². The van der Waals surface area contributed by atoms with Crippen LogP contribution in [0.15, 0.2) is 30.3 Å². The lowest BCUT2D eigenvalue weighted by atomic mass is 10.1. The molecule has 1 saturated heterocycles. The normalized spacial score (nSPS) is 13.8. The summed E-state index contributed by atoms with van der Waals surface area (Å²) in [7, 11) is 0. The van der Waals surface area contributed by atoms with E-state index in [9.17, 15) is 4.79 Å². The molecule has 0 atom stereocenters. The fraction of sp³-hybridized carbons (Fsp3) is 0.421. The Morgan fingerprint density at radius 1 is 1.12 bits per heavy atom. The number of amides is 1. The van der Waals surface area contributed by atoms with E-state index in [1.54, 1.807) is 0 Å². The van der Waals surface area contributed by atoms with Crippen LogP contribution in [0.5, 0.6) is 0 Å². The van der Waals surface area contributed by atoms with Crippen molar-refractivity contribution in [2.75, 3.05) is 36.4 Å². The smallest absolute Gasteiger partial charge is 0.251 e. The second kappa shape index (κ2) is 7.96. The fourth-order valence-electron chi connectivity index (χ4n) is 3.01. The molecule has 1 aliphatic heterocycles. The maximum Gasteiger partial charge on any atom is 0.251 e. The van der Waals surface area contributed by atoms with Crippen molar-refractivity contribution in [2.24, 2.45) is 0 Å². The highest BCUT2D eigenvalue weighted by Gasteiger charge is 2.15. The van der Waals surface area contributed by atoms with E-state index < -0.39 is 0 Å². The maximum absolute atomic E-state index is 12.2. The van der Waals surface area contributed by atoms with Crippen molar-refractivity contribution in [3.63, 3.8) is 0 Å². The topological polar surface area (TPSA) is 70.2 Å². The zero-order valence-corrected chi connectivity index (χ0v) is 14.9. The molecular weight excluding hydrogens is 314 g/mol. The molecule has 25 heavy (non-hydrogen) atoms. The summed E-state index contributed by atoms with van der Waals surface area (Å²) in [6.45, 7) is 7.13. The van der Waals surface area contributed by atoms with Gasteiger partial charge in [-0.3, -0.25) is 4.79 Å². The van der Waals surface area contributed by atoms with Gasteiger partial charge in [-0.15, -0.1) is 0 Å². The van der Waals surface area contributed by atoms with Gasteiger partial charge in [0.1, 0.15) is 5.82 Å². The van der Waals surface area contributed by atoms with Crippen LogP contribution in [0.2, 0.25) is 0 Å². The van der Waals surface area contributed by atoms with Gasteiger partial charge in [0.2, 0.25) is 5.95 Å². The predicted octanol–water partition coefficient (Wildman–Crippen LogP) is 2.54. The van der Waals surface area contributed by atoms with E-state index >= 15 is 0 Å². The highest BCUT2D eigenvalue weighted by Crippen LogP contribution is 2.19. The van der Waals surface area contributed by atoms with Crippen LogP contribution in [-0.2, 0) is 0 Å². The maximum atomic E-state index is 12.2. The van der Waals surface area contributed by atoms with Crippen LogP contribution in [0.4, 0.5) is 11.8 Å². The summed E-state index contributed by atoms with van der Waals surface area (Å²) in [6.07, 6.45) is 2.44. The Balaban J connectivity index is 1.52. The Hall–Kier alpha value is -2.63. The SMILES string of the molecule is Cc1cc(N2CCCC2)nc(NCCNC(=O)c2ccccc2C)n1. The molecule has 0 aliphatic carbocycles. The minimum absolute atomic E-state index is 0.0529. The number of carbonyl (C=O) groups excluding carboxylic acids is 1. The Kier molecular flexibility index (Phi) is 5.48. The van der Waals surface area contributed by atoms with Crippen molar-refractivity contribution in [1.29, 1.82) is 0 Å². The zero-order chi connectivity index (χ0) is 17.6. The molecule has 132 valence electrons. The van der Waals surface area contributed by atoms with Crippen molar-refractivity contribution in [1.82, 2.24) is 15.3 Å². The average molecular weight is 339 g/mol. The lowest BCUT2D eigenvalue weighted by Gasteiger charge is -2.17. The van der Waals surface area contributed by atoms with E-state index in [1.807, 2.05) is 44.2 Å². The third-order valence-corrected chi connectivity index (χ3v) is 4.35. The highest BCUT2D eigenvalue weighted by molar-refractivity contribution is 5.95. The molecule has 2 aromatic rings. The quantitative estimate of drug-likeness (QED) is 0.792. The number of nitrogens with one attached hydrogen (secondary N) is 2. The third kappa shape index (κ3) is 4.47. The Morgan fingerprint density at radius 3 is 2.64 bits per heavy atom. The number of rotatable bonds is 6. The molecule has 0 unspecified atom stereocenters. The first-order valence-electron chi connectivity index (χ1n) is 8.82. The molecule has 1 amide bonds. The molecule has 1 fully saturated rings. The Bertz CT molecular complexity index is 740. The number of nitrogens with zero attached hydrogens (tertiary/aromatic N) is 3. The van der Waals surface area contributed by atoms with Gasteiger partial charge in [-0.05, 0) is 38.3 Å². The average Bonchev–Trinajstić information content (AvgIpc) is 3.13. The van der Waals surface area contributed by atoms with Crippen molar-refractivity contribution < 1.29 is 4.79 Å². The first-order valence-corrected chi connectivity index (χ1v) is 8.82. The van der Waals surface area contributed by atoms with Gasteiger partial charge in [0.25, 0.3) is 5.91 Å². The van der Waals surface area contributed by atoms with E-state index in [4.69, 9.17) is 0 Å².